The Bertz CT molecular complexity index is 2690. The van der Waals surface area contributed by atoms with E-state index >= 15 is 0 Å². The highest BCUT2D eigenvalue weighted by Gasteiger charge is 2.59. The molecule has 5 heterocycles. The Hall–Kier alpha value is -2.81. The number of aliphatic carboxylic acids is 2. The molecule has 5 aliphatic rings. The van der Waals surface area contributed by atoms with Crippen molar-refractivity contribution in [2.75, 3.05) is 68.5 Å². The predicted molar refractivity (Wildman–Crippen MR) is 272 cm³/mol. The molecule has 5 aliphatic heterocycles. The first-order chi connectivity index (χ1) is 41.1. The number of hydrogen-bond donors (Lipinski definition) is 1. The normalized spacial score (nSPS) is 38.5. The van der Waals surface area contributed by atoms with E-state index in [2.05, 4.69) is 10.8 Å². The summed E-state index contributed by atoms with van der Waals surface area (Å²) >= 11 is 0. The molecule has 25 atom stereocenters. The highest BCUT2D eigenvalue weighted by Crippen LogP contribution is 2.42. The summed E-state index contributed by atoms with van der Waals surface area (Å²) in [6, 6.07) is 0. The molecule has 5 rings (SSSR count). The lowest BCUT2D eigenvalue weighted by Crippen LogP contribution is -2.69. The van der Waals surface area contributed by atoms with Crippen LogP contribution in [0.25, 0.3) is 0 Å². The lowest BCUT2D eigenvalue weighted by molar-refractivity contribution is -0.397. The van der Waals surface area contributed by atoms with Crippen molar-refractivity contribution >= 4 is 59.5 Å². The number of rotatable bonds is 32. The molecule has 514 valence electrons. The Morgan fingerprint density at radius 3 is 1.35 bits per heavy atom. The van der Waals surface area contributed by atoms with Gasteiger partial charge >= 0.3 is 0 Å². The minimum atomic E-state index is -6.11. The summed E-state index contributed by atoms with van der Waals surface area (Å²) in [6.07, 6.45) is -41.7. The Kier molecular flexibility index (Phi) is 30.3. The number of methoxy groups -OCH3 is 5. The molecule has 0 amide bonds. The van der Waals surface area contributed by atoms with Crippen molar-refractivity contribution in [2.24, 2.45) is 17.6 Å². The number of hydrogen-bond acceptors (Lipinski definition) is 38. The first kappa shape index (κ1) is 77.6. The van der Waals surface area contributed by atoms with E-state index in [0.717, 1.165) is 28.4 Å². The van der Waals surface area contributed by atoms with Gasteiger partial charge in [-0.25, -0.2) is 38.5 Å². The molecule has 42 heteroatoms. The first-order valence-electron chi connectivity index (χ1n) is 26.6. The zero-order valence-corrected chi connectivity index (χ0v) is 52.2. The van der Waals surface area contributed by atoms with Crippen molar-refractivity contribution in [3.63, 3.8) is 0 Å². The van der Waals surface area contributed by atoms with Crippen LogP contribution >= 0.6 is 0 Å². The third-order valence-corrected chi connectivity index (χ3v) is 16.2. The van der Waals surface area contributed by atoms with Crippen molar-refractivity contribution in [1.29, 1.82) is 0 Å². The van der Waals surface area contributed by atoms with E-state index in [9.17, 15) is 71.7 Å². The van der Waals surface area contributed by atoms with E-state index < -0.39 is 220 Å². The van der Waals surface area contributed by atoms with Gasteiger partial charge in [0, 0.05) is 53.9 Å². The summed E-state index contributed by atoms with van der Waals surface area (Å²) in [5, 5.41) is 26.2. The molecule has 0 aliphatic carbocycles. The van der Waals surface area contributed by atoms with E-state index in [-0.39, 0.29) is 32.8 Å². The molecule has 0 spiro atoms. The van der Waals surface area contributed by atoms with Crippen LogP contribution in [-0.2, 0) is 149 Å². The van der Waals surface area contributed by atoms with Crippen LogP contribution in [0, 0.1) is 11.8 Å². The molecule has 38 nitrogen and oxygen atoms in total. The van der Waals surface area contributed by atoms with Gasteiger partial charge in [0.2, 0.25) is 41.6 Å². The van der Waals surface area contributed by atoms with Crippen molar-refractivity contribution in [2.45, 2.75) is 189 Å². The van der Waals surface area contributed by atoms with Gasteiger partial charge in [-0.3, -0.25) is 16.7 Å². The molecule has 2 N–H and O–H groups in total. The maximum Gasteiger partial charge on any atom is 0.218 e. The van der Waals surface area contributed by atoms with E-state index in [0.29, 0.717) is 0 Å². The molecule has 0 saturated carbocycles. The monoisotopic (exact) mass is 1360 g/mol. The minimum absolute atomic E-state index is 0.0431. The highest BCUT2D eigenvalue weighted by atomic mass is 32.3. The van der Waals surface area contributed by atoms with Crippen molar-refractivity contribution in [1.82, 2.24) is 0 Å². The van der Waals surface area contributed by atoms with E-state index in [4.69, 9.17) is 98.9 Å². The number of carbonyl (C=O) groups is 2. The highest BCUT2D eigenvalue weighted by molar-refractivity contribution is 7.81. The maximum atomic E-state index is 13.1. The van der Waals surface area contributed by atoms with Gasteiger partial charge < -0.3 is 120 Å². The second kappa shape index (κ2) is 34.4. The Balaban J connectivity index is 0.00000540. The standard InChI is InChI=1S/C44H77NO36S4.C2H2O/c1-11-21-25(18(3)24(20(5)70-21)79-83(53,54)55)73-41-19(4)26(62-6)31(34(77-41)39(46)47)75-44-38(81-85(59,60)61)33(80-84(56,57)58)28(22(12-2)71-44)74-43-37(66-10)30(64-8)32(35(78-43)40(48)49)76-42-36(65-9)29(63-7)27(68-16-15-67-14-13-45)23(72-42)17-69-82(50,51)52;1-2-3/h18-38,41-44H,11-17,45H2,1-10H3,(H,46,47)(H,48,49)(H,50,51,52)(H,53,54,55)(H,56,57,58)(H,59,60,61);1H2/p-6/t18-,19-,20-,21-,22-,23-,24-,25+,26-,27-,28-,29+,30+,31+,32+,33+,34-,35+,36-,37-,38-,41-,42-,43-,44-;/m1./s1. The van der Waals surface area contributed by atoms with Gasteiger partial charge in [0.05, 0.1) is 68.9 Å². The quantitative estimate of drug-likeness (QED) is 0.0283. The first-order valence-corrected chi connectivity index (χ1v) is 32.0. The average Bonchev–Trinajstić information content (AvgIpc) is 0.799. The van der Waals surface area contributed by atoms with Crippen LogP contribution in [-0.4, -0.2) is 279 Å². The summed E-state index contributed by atoms with van der Waals surface area (Å²) in [5.74, 6) is -5.01. The molecule has 0 radical (unpaired) electrons. The number of carboxylic acids is 2. The van der Waals surface area contributed by atoms with Crippen molar-refractivity contribution < 1.29 is 169 Å². The summed E-state index contributed by atoms with van der Waals surface area (Å²) in [7, 11) is -17.5. The minimum Gasteiger partial charge on any atom is -0.726 e. The molecule has 5 saturated heterocycles. The molecule has 5 fully saturated rings. The average molecular weight is 1360 g/mol. The van der Waals surface area contributed by atoms with Crippen LogP contribution in [0.5, 0.6) is 0 Å². The summed E-state index contributed by atoms with van der Waals surface area (Å²) in [6.45, 7) is 9.06. The van der Waals surface area contributed by atoms with Gasteiger partial charge in [0.1, 0.15) is 85.3 Å². The van der Waals surface area contributed by atoms with Gasteiger partial charge in [-0.15, -0.1) is 0 Å². The number of nitrogens with two attached hydrogens (primary N) is 1. The number of ether oxygens (including phenoxy) is 16. The smallest absolute Gasteiger partial charge is 0.218 e. The van der Waals surface area contributed by atoms with Crippen LogP contribution in [0.4, 0.5) is 0 Å². The maximum absolute atomic E-state index is 13.1. The molecule has 0 aromatic rings. The second-order valence-electron chi connectivity index (χ2n) is 19.9. The van der Waals surface area contributed by atoms with E-state index in [1.807, 2.05) is 0 Å². The Morgan fingerprint density at radius 1 is 0.477 bits per heavy atom. The fourth-order valence-electron chi connectivity index (χ4n) is 10.8. The summed E-state index contributed by atoms with van der Waals surface area (Å²) in [5.41, 5.74) is 5.47. The molecular weight excluding hydrogens is 1290 g/mol. The fraction of sp³-hybridized carbons (Fsp3) is 0.913. The van der Waals surface area contributed by atoms with Crippen LogP contribution in [0.15, 0.2) is 6.58 Å². The van der Waals surface area contributed by atoms with Gasteiger partial charge in [-0.05, 0) is 26.3 Å². The lowest BCUT2D eigenvalue weighted by atomic mass is 9.86. The largest absolute Gasteiger partial charge is 0.726 e. The zero-order valence-electron chi connectivity index (χ0n) is 48.9. The molecule has 0 aromatic carbocycles. The molecule has 0 bridgehead atoms. The van der Waals surface area contributed by atoms with Crippen molar-refractivity contribution in [3.8, 4) is 0 Å². The topological polar surface area (TPSA) is 537 Å². The van der Waals surface area contributed by atoms with Crippen LogP contribution in [0.1, 0.15) is 47.5 Å². The Labute approximate surface area is 507 Å². The van der Waals surface area contributed by atoms with Gasteiger partial charge in [0.25, 0.3) is 0 Å². The zero-order chi connectivity index (χ0) is 66.4. The SMILES string of the molecule is C=C=O.CC[C@H]1O[C@H](C)[C@H](OS(=O)(=O)[O-])[C@@H](C)[C@@H]1O[C@@H]1O[C@@H](C(=O)[O-])[C@@H](O[C@H]2O[C@H](CC)[C@@H](O[C@@H]3O[C@H](C(=O)[O-])[C@@H](O[C@H]4O[C@H](COS(=O)(=O)[O-])[C@@H](OCCOCCN)[C@H](OC)[C@H]4OC)[C@H](OC)[C@H]3OC)[C@H](OS(=O)(=O)[O-])[C@H]2OS(=O)(=O)[O-])[C@H](OC)[C@H]1C. The van der Waals surface area contributed by atoms with Crippen molar-refractivity contribution in [3.05, 3.63) is 6.58 Å². The second-order valence-corrected chi connectivity index (χ2v) is 24.0. The third-order valence-electron chi connectivity index (χ3n) is 14.4. The number of carboxylic acid groups (broad SMARTS) is 2. The third kappa shape index (κ3) is 21.1. The Morgan fingerprint density at radius 2 is 0.886 bits per heavy atom. The van der Waals surface area contributed by atoms with Gasteiger partial charge in [-0.2, -0.15) is 0 Å². The van der Waals surface area contributed by atoms with Crippen LogP contribution in [0.3, 0.4) is 0 Å². The summed E-state index contributed by atoms with van der Waals surface area (Å²) < 4.78 is 258. The molecule has 0 unspecified atom stereocenters. The van der Waals surface area contributed by atoms with E-state index in [1.54, 1.807) is 6.92 Å². The fourth-order valence-corrected chi connectivity index (χ4v) is 12.7. The number of carbonyl (C=O) groups excluding carboxylic acids is 3. The molecule has 0 aromatic heterocycles. The lowest BCUT2D eigenvalue weighted by Gasteiger charge is -2.52. The van der Waals surface area contributed by atoms with Gasteiger partial charge in [-0.1, -0.05) is 27.7 Å². The van der Waals surface area contributed by atoms with Crippen LogP contribution < -0.4 is 15.9 Å². The van der Waals surface area contributed by atoms with Gasteiger partial charge in [0.15, 0.2) is 31.3 Å². The van der Waals surface area contributed by atoms with E-state index in [1.165, 1.54) is 40.7 Å². The summed E-state index contributed by atoms with van der Waals surface area (Å²) in [4.78, 5) is 34.7. The predicted octanol–water partition coefficient (Wildman–Crippen LogP) is -6.74. The van der Waals surface area contributed by atoms with Crippen LogP contribution in [0.2, 0.25) is 0 Å². The molecule has 88 heavy (non-hydrogen) atoms. The molecular formula is C46H73NO37S4-6.